The summed E-state index contributed by atoms with van der Waals surface area (Å²) in [5.74, 6) is 1.07. The van der Waals surface area contributed by atoms with Gasteiger partial charge >= 0.3 is 0 Å². The lowest BCUT2D eigenvalue weighted by Gasteiger charge is -2.18. The van der Waals surface area contributed by atoms with Crippen LogP contribution in [0.15, 0.2) is 18.2 Å². The Kier molecular flexibility index (Phi) is 3.91. The summed E-state index contributed by atoms with van der Waals surface area (Å²) < 4.78 is 0. The maximum Gasteiger partial charge on any atom is 0.227 e. The predicted molar refractivity (Wildman–Crippen MR) is 96.6 cm³/mol. The highest BCUT2D eigenvalue weighted by Gasteiger charge is 2.77. The fourth-order valence-electron chi connectivity index (χ4n) is 4.25. The first-order valence-corrected chi connectivity index (χ1v) is 8.86. The summed E-state index contributed by atoms with van der Waals surface area (Å²) in [4.78, 5) is 19.7. The first kappa shape index (κ1) is 17.2. The quantitative estimate of drug-likeness (QED) is 0.889. The van der Waals surface area contributed by atoms with E-state index >= 15 is 0 Å². The fourth-order valence-corrected chi connectivity index (χ4v) is 4.25. The number of anilines is 1. The van der Waals surface area contributed by atoms with Gasteiger partial charge in [-0.15, -0.1) is 0 Å². The molecule has 1 aliphatic carbocycles. The third-order valence-electron chi connectivity index (χ3n) is 7.22. The zero-order valence-corrected chi connectivity index (χ0v) is 15.5. The standard InChI is InChI=1S/C19H30N4O/c1-17(2)18(3,4)19(17,5)16(24)21-11-14-7-6-8-15(22-14)23-10-9-13(20)12-23/h6-8,13H,9-12,20H2,1-5H3,(H,21,24). The van der Waals surface area contributed by atoms with Crippen LogP contribution in [0.1, 0.15) is 46.7 Å². The van der Waals surface area contributed by atoms with Crippen molar-refractivity contribution >= 4 is 11.7 Å². The molecule has 1 unspecified atom stereocenters. The van der Waals surface area contributed by atoms with Gasteiger partial charge in [-0.2, -0.15) is 0 Å². The first-order chi connectivity index (χ1) is 11.1. The molecule has 3 rings (SSSR count). The van der Waals surface area contributed by atoms with Crippen LogP contribution in [-0.4, -0.2) is 30.0 Å². The molecule has 1 aromatic heterocycles. The van der Waals surface area contributed by atoms with Crippen molar-refractivity contribution in [1.29, 1.82) is 0 Å². The molecular weight excluding hydrogens is 300 g/mol. The van der Waals surface area contributed by atoms with Crippen molar-refractivity contribution in [3.8, 4) is 0 Å². The Hall–Kier alpha value is -1.62. The Morgan fingerprint density at radius 1 is 1.29 bits per heavy atom. The van der Waals surface area contributed by atoms with Crippen molar-refractivity contribution in [3.05, 3.63) is 23.9 Å². The summed E-state index contributed by atoms with van der Waals surface area (Å²) in [6, 6.07) is 6.21. The lowest BCUT2D eigenvalue weighted by Crippen LogP contribution is -2.34. The van der Waals surface area contributed by atoms with Crippen LogP contribution in [0.2, 0.25) is 0 Å². The number of amides is 1. The highest BCUT2D eigenvalue weighted by atomic mass is 16.2. The normalized spacial score (nSPS) is 26.2. The van der Waals surface area contributed by atoms with Crippen LogP contribution >= 0.6 is 0 Å². The minimum absolute atomic E-state index is 0.00501. The molecule has 24 heavy (non-hydrogen) atoms. The van der Waals surface area contributed by atoms with Crippen LogP contribution in [0.5, 0.6) is 0 Å². The molecule has 2 heterocycles. The molecule has 0 spiro atoms. The van der Waals surface area contributed by atoms with Crippen LogP contribution in [0.25, 0.3) is 0 Å². The lowest BCUT2D eigenvalue weighted by molar-refractivity contribution is -0.127. The van der Waals surface area contributed by atoms with Crippen molar-refractivity contribution in [2.24, 2.45) is 22.0 Å². The summed E-state index contributed by atoms with van der Waals surface area (Å²) in [5, 5.41) is 3.09. The largest absolute Gasteiger partial charge is 0.355 e. The zero-order valence-electron chi connectivity index (χ0n) is 15.5. The van der Waals surface area contributed by atoms with Gasteiger partial charge in [-0.25, -0.2) is 4.98 Å². The number of aromatic nitrogens is 1. The van der Waals surface area contributed by atoms with Crippen molar-refractivity contribution in [1.82, 2.24) is 10.3 Å². The Bertz CT molecular complexity index is 639. The highest BCUT2D eigenvalue weighted by Crippen LogP contribution is 2.77. The molecule has 0 bridgehead atoms. The number of nitrogens with zero attached hydrogens (tertiary/aromatic N) is 2. The maximum atomic E-state index is 12.7. The molecule has 132 valence electrons. The van der Waals surface area contributed by atoms with E-state index in [2.05, 4.69) is 44.8 Å². The van der Waals surface area contributed by atoms with E-state index in [1.165, 1.54) is 0 Å². The summed E-state index contributed by atoms with van der Waals surface area (Å²) in [6.45, 7) is 13.0. The zero-order chi connectivity index (χ0) is 17.8. The van der Waals surface area contributed by atoms with E-state index in [-0.39, 0.29) is 28.2 Å². The Morgan fingerprint density at radius 2 is 1.96 bits per heavy atom. The van der Waals surface area contributed by atoms with Crippen molar-refractivity contribution in [2.75, 3.05) is 18.0 Å². The monoisotopic (exact) mass is 330 g/mol. The number of rotatable bonds is 4. The van der Waals surface area contributed by atoms with Gasteiger partial charge in [0.1, 0.15) is 5.82 Å². The molecule has 1 aromatic rings. The molecule has 1 saturated carbocycles. The highest BCUT2D eigenvalue weighted by molar-refractivity contribution is 5.88. The number of pyridine rings is 1. The number of hydrogen-bond acceptors (Lipinski definition) is 4. The molecule has 5 nitrogen and oxygen atoms in total. The molecule has 1 saturated heterocycles. The molecule has 1 amide bonds. The van der Waals surface area contributed by atoms with Gasteiger partial charge in [0.05, 0.1) is 17.7 Å². The van der Waals surface area contributed by atoms with Crippen LogP contribution in [0.3, 0.4) is 0 Å². The summed E-state index contributed by atoms with van der Waals surface area (Å²) in [5.41, 5.74) is 6.54. The summed E-state index contributed by atoms with van der Waals surface area (Å²) >= 11 is 0. The van der Waals surface area contributed by atoms with Gasteiger partial charge in [-0.05, 0) is 36.3 Å². The maximum absolute atomic E-state index is 12.7. The van der Waals surface area contributed by atoms with Crippen LogP contribution in [-0.2, 0) is 11.3 Å². The van der Waals surface area contributed by atoms with E-state index in [0.717, 1.165) is 31.0 Å². The summed E-state index contributed by atoms with van der Waals surface area (Å²) in [7, 11) is 0. The average Bonchev–Trinajstić information content (AvgIpc) is 2.88. The second kappa shape index (κ2) is 5.45. The van der Waals surface area contributed by atoms with Crippen LogP contribution in [0, 0.1) is 16.2 Å². The molecule has 3 N–H and O–H groups in total. The Balaban J connectivity index is 1.65. The van der Waals surface area contributed by atoms with Crippen molar-refractivity contribution < 1.29 is 4.79 Å². The van der Waals surface area contributed by atoms with E-state index < -0.39 is 0 Å². The molecular formula is C19H30N4O. The molecule has 5 heteroatoms. The molecule has 1 atom stereocenters. The number of hydrogen-bond donors (Lipinski definition) is 2. The lowest BCUT2D eigenvalue weighted by atomic mass is 9.96. The Morgan fingerprint density at radius 3 is 2.50 bits per heavy atom. The molecule has 1 aliphatic heterocycles. The van der Waals surface area contributed by atoms with Gasteiger partial charge in [0.15, 0.2) is 0 Å². The second-order valence-corrected chi connectivity index (χ2v) is 8.54. The van der Waals surface area contributed by atoms with E-state index in [1.54, 1.807) is 0 Å². The smallest absolute Gasteiger partial charge is 0.227 e. The molecule has 2 fully saturated rings. The number of carbonyl (C=O) groups is 1. The van der Waals surface area contributed by atoms with Gasteiger partial charge in [-0.3, -0.25) is 4.79 Å². The Labute approximate surface area is 145 Å². The summed E-state index contributed by atoms with van der Waals surface area (Å²) in [6.07, 6.45) is 1.01. The van der Waals surface area contributed by atoms with Crippen LogP contribution in [0.4, 0.5) is 5.82 Å². The molecule has 0 radical (unpaired) electrons. The SMILES string of the molecule is CC1(C)C(C)(C)C1(C)C(=O)NCc1cccc(N2CCC(N)C2)n1. The van der Waals surface area contributed by atoms with Gasteiger partial charge < -0.3 is 16.0 Å². The minimum Gasteiger partial charge on any atom is -0.355 e. The van der Waals surface area contributed by atoms with Crippen molar-refractivity contribution in [2.45, 2.75) is 53.6 Å². The van der Waals surface area contributed by atoms with Gasteiger partial charge in [-0.1, -0.05) is 33.8 Å². The van der Waals surface area contributed by atoms with Crippen molar-refractivity contribution in [3.63, 3.8) is 0 Å². The fraction of sp³-hybridized carbons (Fsp3) is 0.684. The second-order valence-electron chi connectivity index (χ2n) is 8.54. The van der Waals surface area contributed by atoms with Gasteiger partial charge in [0.2, 0.25) is 5.91 Å². The predicted octanol–water partition coefficient (Wildman–Crippen LogP) is 2.31. The van der Waals surface area contributed by atoms with Gasteiger partial charge in [0.25, 0.3) is 0 Å². The van der Waals surface area contributed by atoms with E-state index in [4.69, 9.17) is 10.7 Å². The first-order valence-electron chi connectivity index (χ1n) is 8.86. The van der Waals surface area contributed by atoms with E-state index in [0.29, 0.717) is 6.54 Å². The molecule has 2 aliphatic rings. The third kappa shape index (κ3) is 2.32. The van der Waals surface area contributed by atoms with Gasteiger partial charge in [0, 0.05) is 19.1 Å². The molecule has 0 aromatic carbocycles. The topological polar surface area (TPSA) is 71.2 Å². The van der Waals surface area contributed by atoms with E-state index in [1.807, 2.05) is 18.2 Å². The number of nitrogens with two attached hydrogens (primary N) is 1. The van der Waals surface area contributed by atoms with Crippen LogP contribution < -0.4 is 16.0 Å². The van der Waals surface area contributed by atoms with E-state index in [9.17, 15) is 4.79 Å². The minimum atomic E-state index is -0.334. The number of carbonyl (C=O) groups excluding carboxylic acids is 1. The average molecular weight is 330 g/mol. The third-order valence-corrected chi connectivity index (χ3v) is 7.22. The number of nitrogens with one attached hydrogen (secondary N) is 1.